The van der Waals surface area contributed by atoms with Crippen molar-refractivity contribution in [2.45, 2.75) is 51.1 Å². The predicted molar refractivity (Wildman–Crippen MR) is 66.0 cm³/mol. The van der Waals surface area contributed by atoms with Crippen molar-refractivity contribution >= 4 is 17.7 Å². The van der Waals surface area contributed by atoms with Crippen LogP contribution in [0, 0.1) is 0 Å². The molecule has 0 aromatic heterocycles. The Morgan fingerprint density at radius 1 is 1.40 bits per heavy atom. The van der Waals surface area contributed by atoms with Crippen LogP contribution in [0.4, 0.5) is 0 Å². The van der Waals surface area contributed by atoms with Gasteiger partial charge in [-0.05, 0) is 37.9 Å². The van der Waals surface area contributed by atoms with Crippen molar-refractivity contribution in [1.82, 2.24) is 5.32 Å². The van der Waals surface area contributed by atoms with E-state index < -0.39 is 0 Å². The Kier molecular flexibility index (Phi) is 6.10. The maximum atomic E-state index is 11.5. The molecule has 0 aromatic carbocycles. The third kappa shape index (κ3) is 5.42. The summed E-state index contributed by atoms with van der Waals surface area (Å²) in [6.07, 6.45) is 5.33. The Balaban J connectivity index is 2.09. The van der Waals surface area contributed by atoms with Crippen LogP contribution in [0.5, 0.6) is 0 Å². The lowest BCUT2D eigenvalue weighted by atomic mass is 9.92. The van der Waals surface area contributed by atoms with Gasteiger partial charge in [0.15, 0.2) is 0 Å². The van der Waals surface area contributed by atoms with E-state index in [9.17, 15) is 4.79 Å². The highest BCUT2D eigenvalue weighted by molar-refractivity contribution is 7.99. The Morgan fingerprint density at radius 3 is 2.67 bits per heavy atom. The zero-order chi connectivity index (χ0) is 11.1. The molecule has 1 rings (SSSR count). The van der Waals surface area contributed by atoms with Crippen molar-refractivity contribution < 1.29 is 4.79 Å². The first-order valence-electron chi connectivity index (χ1n) is 5.85. The number of hydrogen-bond acceptors (Lipinski definition) is 3. The summed E-state index contributed by atoms with van der Waals surface area (Å²) >= 11 is 1.71. The average Bonchev–Trinajstić information content (AvgIpc) is 2.22. The van der Waals surface area contributed by atoms with Gasteiger partial charge in [0.25, 0.3) is 0 Å². The number of hydrogen-bond donors (Lipinski definition) is 2. The molecule has 3 nitrogen and oxygen atoms in total. The summed E-state index contributed by atoms with van der Waals surface area (Å²) in [5.41, 5.74) is 5.81. The first kappa shape index (κ1) is 12.8. The summed E-state index contributed by atoms with van der Waals surface area (Å²) in [7, 11) is 0. The lowest BCUT2D eigenvalue weighted by molar-refractivity contribution is -0.119. The van der Waals surface area contributed by atoms with Gasteiger partial charge in [-0.15, -0.1) is 0 Å². The van der Waals surface area contributed by atoms with Crippen LogP contribution in [0.15, 0.2) is 0 Å². The fraction of sp³-hybridized carbons (Fsp3) is 0.909. The summed E-state index contributed by atoms with van der Waals surface area (Å²) in [4.78, 5) is 11.5. The van der Waals surface area contributed by atoms with Crippen LogP contribution in [0.2, 0.25) is 0 Å². The van der Waals surface area contributed by atoms with E-state index in [2.05, 4.69) is 12.2 Å². The molecule has 0 aliphatic heterocycles. The maximum Gasteiger partial charge on any atom is 0.230 e. The Bertz CT molecular complexity index is 191. The monoisotopic (exact) mass is 230 g/mol. The number of carbonyl (C=O) groups excluding carboxylic acids is 1. The van der Waals surface area contributed by atoms with Crippen LogP contribution in [-0.2, 0) is 4.79 Å². The van der Waals surface area contributed by atoms with Gasteiger partial charge < -0.3 is 11.1 Å². The zero-order valence-corrected chi connectivity index (χ0v) is 10.3. The second kappa shape index (κ2) is 7.12. The normalized spacial score (nSPS) is 26.3. The van der Waals surface area contributed by atoms with Crippen LogP contribution >= 0.6 is 11.8 Å². The van der Waals surface area contributed by atoms with Gasteiger partial charge in [-0.25, -0.2) is 0 Å². The van der Waals surface area contributed by atoms with E-state index >= 15 is 0 Å². The first-order chi connectivity index (χ1) is 7.22. The molecule has 0 aromatic rings. The van der Waals surface area contributed by atoms with Gasteiger partial charge in [0.05, 0.1) is 5.75 Å². The van der Waals surface area contributed by atoms with E-state index in [4.69, 9.17) is 5.73 Å². The highest BCUT2D eigenvalue weighted by Gasteiger charge is 2.19. The van der Waals surface area contributed by atoms with Crippen molar-refractivity contribution in [2.24, 2.45) is 5.73 Å². The molecule has 0 saturated heterocycles. The molecule has 15 heavy (non-hydrogen) atoms. The zero-order valence-electron chi connectivity index (χ0n) is 9.50. The van der Waals surface area contributed by atoms with Gasteiger partial charge in [0, 0.05) is 12.1 Å². The Hall–Kier alpha value is -0.220. The molecule has 0 bridgehead atoms. The molecule has 1 aliphatic rings. The third-order valence-corrected chi connectivity index (χ3v) is 3.88. The van der Waals surface area contributed by atoms with Crippen LogP contribution in [0.25, 0.3) is 0 Å². The van der Waals surface area contributed by atoms with Gasteiger partial charge in [-0.3, -0.25) is 4.79 Å². The molecular formula is C11H22N2OS. The maximum absolute atomic E-state index is 11.5. The topological polar surface area (TPSA) is 55.1 Å². The molecule has 0 heterocycles. The highest BCUT2D eigenvalue weighted by Crippen LogP contribution is 2.17. The van der Waals surface area contributed by atoms with Crippen molar-refractivity contribution in [1.29, 1.82) is 0 Å². The minimum Gasteiger partial charge on any atom is -0.353 e. The number of amides is 1. The predicted octanol–water partition coefficient (Wildman–Crippen LogP) is 1.52. The largest absolute Gasteiger partial charge is 0.353 e. The summed E-state index contributed by atoms with van der Waals surface area (Å²) < 4.78 is 0. The van der Waals surface area contributed by atoms with Crippen molar-refractivity contribution in [3.8, 4) is 0 Å². The molecule has 1 saturated carbocycles. The summed E-state index contributed by atoms with van der Waals surface area (Å²) in [5, 5.41) is 3.08. The van der Waals surface area contributed by atoms with E-state index in [1.54, 1.807) is 11.8 Å². The molecule has 1 amide bonds. The number of rotatable bonds is 5. The van der Waals surface area contributed by atoms with Crippen molar-refractivity contribution in [2.75, 3.05) is 11.5 Å². The fourth-order valence-corrected chi connectivity index (χ4v) is 2.54. The van der Waals surface area contributed by atoms with E-state index in [1.165, 1.54) is 0 Å². The number of thioether (sulfide) groups is 1. The molecular weight excluding hydrogens is 208 g/mol. The summed E-state index contributed by atoms with van der Waals surface area (Å²) in [6.45, 7) is 2.13. The number of carbonyl (C=O) groups is 1. The molecule has 0 unspecified atom stereocenters. The summed E-state index contributed by atoms with van der Waals surface area (Å²) in [6, 6.07) is 0.729. The second-order valence-corrected chi connectivity index (χ2v) is 5.34. The molecule has 1 aliphatic carbocycles. The van der Waals surface area contributed by atoms with Crippen LogP contribution < -0.4 is 11.1 Å². The van der Waals surface area contributed by atoms with Crippen LogP contribution in [-0.4, -0.2) is 29.5 Å². The van der Waals surface area contributed by atoms with Gasteiger partial charge >= 0.3 is 0 Å². The second-order valence-electron chi connectivity index (χ2n) is 4.23. The standard InChI is InChI=1S/C11H22N2OS/c1-2-7-15-8-11(14)13-10-5-3-9(12)4-6-10/h9-10H,2-8,12H2,1H3,(H,13,14). The van der Waals surface area contributed by atoms with E-state index in [1.807, 2.05) is 0 Å². The van der Waals surface area contributed by atoms with Gasteiger partial charge in [-0.2, -0.15) is 11.8 Å². The fourth-order valence-electron chi connectivity index (χ4n) is 1.84. The smallest absolute Gasteiger partial charge is 0.230 e. The first-order valence-corrected chi connectivity index (χ1v) is 7.00. The quantitative estimate of drug-likeness (QED) is 0.704. The lowest BCUT2D eigenvalue weighted by Gasteiger charge is -2.26. The van der Waals surface area contributed by atoms with E-state index in [0.29, 0.717) is 17.8 Å². The third-order valence-electron chi connectivity index (χ3n) is 2.72. The van der Waals surface area contributed by atoms with Crippen molar-refractivity contribution in [3.05, 3.63) is 0 Å². The number of nitrogens with two attached hydrogens (primary N) is 1. The molecule has 0 radical (unpaired) electrons. The molecule has 4 heteroatoms. The lowest BCUT2D eigenvalue weighted by Crippen LogP contribution is -2.41. The van der Waals surface area contributed by atoms with Gasteiger partial charge in [0.1, 0.15) is 0 Å². The van der Waals surface area contributed by atoms with Crippen LogP contribution in [0.3, 0.4) is 0 Å². The van der Waals surface area contributed by atoms with Crippen molar-refractivity contribution in [3.63, 3.8) is 0 Å². The Labute approximate surface area is 96.6 Å². The van der Waals surface area contributed by atoms with E-state index in [-0.39, 0.29) is 5.91 Å². The number of nitrogens with one attached hydrogen (secondary N) is 1. The van der Waals surface area contributed by atoms with Gasteiger partial charge in [0.2, 0.25) is 5.91 Å². The summed E-state index contributed by atoms with van der Waals surface area (Å²) in [5.74, 6) is 1.87. The molecule has 0 spiro atoms. The minimum atomic E-state index is 0.189. The minimum absolute atomic E-state index is 0.189. The highest BCUT2D eigenvalue weighted by atomic mass is 32.2. The molecule has 88 valence electrons. The average molecular weight is 230 g/mol. The Morgan fingerprint density at radius 2 is 2.07 bits per heavy atom. The molecule has 0 atom stereocenters. The van der Waals surface area contributed by atoms with Gasteiger partial charge in [-0.1, -0.05) is 6.92 Å². The van der Waals surface area contributed by atoms with Crippen LogP contribution in [0.1, 0.15) is 39.0 Å². The van der Waals surface area contributed by atoms with E-state index in [0.717, 1.165) is 37.9 Å². The molecule has 1 fully saturated rings. The SMILES string of the molecule is CCCSCC(=O)NC1CCC(N)CC1. The molecule has 3 N–H and O–H groups in total.